The minimum Gasteiger partial charge on any atom is -0.475 e. The molecule has 0 saturated carbocycles. The molecule has 2 aromatic carbocycles. The maximum absolute atomic E-state index is 14.8. The van der Waals surface area contributed by atoms with Gasteiger partial charge in [-0.15, -0.1) is 5.26 Å². The Bertz CT molecular complexity index is 3550. The standard InChI is InChI=1S/C29H39FN6O6S.C18H19FN2O2.C11H20N4O4S/c1-8-11-36(12-13-41-7)28(37)24-17-26(33-35(24)6)43(39,40)34-29(38)32-27-22(18(2)3)15-21(30)16-23(27)20-9-10-31-25(14-20)42-19(4)5;1-11(2)15-8-14(19)9-16(18(15)22-10-20)13-5-6-21-17(7-13)23-12(3)4;1-4-5-15(6-7-19-3)11(16)9-8-10(13-14(9)2)20(12,17)18/h9-10,14-19H,8,11-13H2,1-7H3,(H2,32,34,38);5-9,11-12H,1-4H3;8H,4-7H2,1-3H3,(H2,12,17,18). The van der Waals surface area contributed by atoms with Crippen molar-refractivity contribution in [3.8, 4) is 46.0 Å². The lowest BCUT2D eigenvalue weighted by atomic mass is 9.94. The first-order chi connectivity index (χ1) is 40.5. The van der Waals surface area contributed by atoms with Crippen LogP contribution in [0.5, 0.6) is 17.5 Å². The number of nitriles is 1. The molecule has 0 aliphatic heterocycles. The third kappa shape index (κ3) is 20.0. The number of hydrogen-bond acceptors (Lipinski definition) is 17. The van der Waals surface area contributed by atoms with E-state index in [1.807, 2.05) is 74.0 Å². The highest BCUT2D eigenvalue weighted by Gasteiger charge is 2.29. The number of nitrogens with zero attached hydrogens (tertiary/aromatic N) is 9. The lowest BCUT2D eigenvalue weighted by molar-refractivity contribution is 0.0679. The van der Waals surface area contributed by atoms with Gasteiger partial charge in [-0.1, -0.05) is 41.5 Å². The second-order valence-electron chi connectivity index (χ2n) is 20.5. The molecule has 0 unspecified atom stereocenters. The van der Waals surface area contributed by atoms with Crippen LogP contribution in [-0.2, 0) is 43.6 Å². The van der Waals surface area contributed by atoms with Crippen LogP contribution in [0.3, 0.4) is 0 Å². The van der Waals surface area contributed by atoms with Crippen LogP contribution in [-0.4, -0.2) is 140 Å². The minimum absolute atomic E-state index is 0.0148. The van der Waals surface area contributed by atoms with Gasteiger partial charge in [0.15, 0.2) is 15.8 Å². The summed E-state index contributed by atoms with van der Waals surface area (Å²) in [5.41, 5.74) is 3.52. The molecule has 86 heavy (non-hydrogen) atoms. The second-order valence-corrected chi connectivity index (χ2v) is 23.7. The number of rotatable bonds is 25. The first-order valence-corrected chi connectivity index (χ1v) is 30.5. The van der Waals surface area contributed by atoms with Crippen LogP contribution in [0.4, 0.5) is 19.3 Å². The average molecular weight is 1240 g/mol. The highest BCUT2D eigenvalue weighted by molar-refractivity contribution is 7.90. The van der Waals surface area contributed by atoms with Gasteiger partial charge >= 0.3 is 6.03 Å². The van der Waals surface area contributed by atoms with Crippen LogP contribution in [0.2, 0.25) is 0 Å². The molecule has 4 amide bonds. The van der Waals surface area contributed by atoms with Gasteiger partial charge in [-0.2, -0.15) is 18.6 Å². The number of amides is 4. The van der Waals surface area contributed by atoms with Crippen molar-refractivity contribution in [3.63, 3.8) is 0 Å². The zero-order valence-corrected chi connectivity index (χ0v) is 52.6. The number of nitrogens with one attached hydrogen (secondary N) is 2. The molecule has 0 saturated heterocycles. The van der Waals surface area contributed by atoms with Gasteiger partial charge in [-0.25, -0.2) is 41.8 Å². The molecule has 0 aliphatic rings. The predicted octanol–water partition coefficient (Wildman–Crippen LogP) is 8.77. The summed E-state index contributed by atoms with van der Waals surface area (Å²) in [7, 11) is -2.40. The molecule has 0 aliphatic carbocycles. The van der Waals surface area contributed by atoms with Crippen LogP contribution in [0.15, 0.2) is 83.1 Å². The molecule has 0 spiro atoms. The van der Waals surface area contributed by atoms with Gasteiger partial charge in [0, 0.05) is 108 Å². The number of anilines is 1. The minimum atomic E-state index is -4.50. The predicted molar refractivity (Wildman–Crippen MR) is 318 cm³/mol. The number of benzene rings is 2. The zero-order chi connectivity index (χ0) is 64.2. The summed E-state index contributed by atoms with van der Waals surface area (Å²) < 4.78 is 108. The maximum atomic E-state index is 14.8. The van der Waals surface area contributed by atoms with Crippen molar-refractivity contribution in [2.45, 2.75) is 116 Å². The molecule has 4 aromatic heterocycles. The van der Waals surface area contributed by atoms with Crippen LogP contribution in [0.25, 0.3) is 22.3 Å². The number of carbonyl (C=O) groups excluding carboxylic acids is 3. The third-order valence-electron chi connectivity index (χ3n) is 12.3. The highest BCUT2D eigenvalue weighted by Crippen LogP contribution is 2.39. The van der Waals surface area contributed by atoms with Crippen molar-refractivity contribution >= 4 is 43.6 Å². The smallest absolute Gasteiger partial charge is 0.333 e. The van der Waals surface area contributed by atoms with Crippen LogP contribution >= 0.6 is 0 Å². The van der Waals surface area contributed by atoms with E-state index in [2.05, 4.69) is 25.5 Å². The number of sulfonamides is 2. The summed E-state index contributed by atoms with van der Waals surface area (Å²) >= 11 is 0. The summed E-state index contributed by atoms with van der Waals surface area (Å²) in [5.74, 6) is -0.735. The second kappa shape index (κ2) is 32.4. The monoisotopic (exact) mass is 1240 g/mol. The molecule has 6 rings (SSSR count). The van der Waals surface area contributed by atoms with Crippen molar-refractivity contribution < 1.29 is 63.7 Å². The lowest BCUT2D eigenvalue weighted by Crippen LogP contribution is -2.35. The molecule has 4 N–H and O–H groups in total. The van der Waals surface area contributed by atoms with E-state index in [0.717, 1.165) is 17.2 Å². The van der Waals surface area contributed by atoms with Crippen LogP contribution in [0.1, 0.15) is 126 Å². The van der Waals surface area contributed by atoms with E-state index >= 15 is 0 Å². The molecule has 0 fully saturated rings. The van der Waals surface area contributed by atoms with Crippen molar-refractivity contribution in [1.29, 1.82) is 5.26 Å². The van der Waals surface area contributed by atoms with Crippen molar-refractivity contribution in [1.82, 2.24) is 44.1 Å². The molecular formula is C58H78F2N12O12S2. The van der Waals surface area contributed by atoms with Crippen molar-refractivity contribution in [2.24, 2.45) is 19.2 Å². The zero-order valence-electron chi connectivity index (χ0n) is 51.0. The molecular weight excluding hydrogens is 1160 g/mol. The van der Waals surface area contributed by atoms with Gasteiger partial charge in [0.25, 0.3) is 38.1 Å². The summed E-state index contributed by atoms with van der Waals surface area (Å²) in [6, 6.07) is 13.2. The number of nitrogens with two attached hydrogens (primary N) is 1. The van der Waals surface area contributed by atoms with E-state index in [4.69, 9.17) is 34.1 Å². The summed E-state index contributed by atoms with van der Waals surface area (Å²) in [6.07, 6.45) is 6.07. The Balaban J connectivity index is 0.000000308. The molecule has 6 aromatic rings. The van der Waals surface area contributed by atoms with E-state index in [1.54, 1.807) is 48.7 Å². The highest BCUT2D eigenvalue weighted by atomic mass is 32.2. The number of primary sulfonamides is 1. The van der Waals surface area contributed by atoms with Crippen molar-refractivity contribution in [3.05, 3.63) is 107 Å². The summed E-state index contributed by atoms with van der Waals surface area (Å²) in [6.45, 7) is 21.3. The van der Waals surface area contributed by atoms with Gasteiger partial charge in [0.1, 0.15) is 23.0 Å². The van der Waals surface area contributed by atoms with Crippen molar-refractivity contribution in [2.75, 3.05) is 58.9 Å². The van der Waals surface area contributed by atoms with Gasteiger partial charge in [0.05, 0.1) is 31.1 Å². The Morgan fingerprint density at radius 1 is 0.663 bits per heavy atom. The summed E-state index contributed by atoms with van der Waals surface area (Å²) in [4.78, 5) is 50.1. The number of urea groups is 1. The SMILES string of the molecule is CC(C)Oc1cc(-c2cc(F)cc(C(C)C)c2OC#N)ccn1.CCCN(CCOC)C(=O)c1cc(S(=O)(=O)NC(=O)Nc2c(-c3ccnc(OC(C)C)c3)cc(F)cc2C(C)C)nn1C.CCCN(CCOC)C(=O)c1cc(S(N)(=O)=O)nn1C. The fourth-order valence-corrected chi connectivity index (χ4v) is 9.80. The van der Waals surface area contributed by atoms with Crippen LogP contribution < -0.4 is 29.4 Å². The van der Waals surface area contributed by atoms with E-state index < -0.39 is 42.8 Å². The van der Waals surface area contributed by atoms with Gasteiger partial charge < -0.3 is 38.8 Å². The Morgan fingerprint density at radius 2 is 1.10 bits per heavy atom. The number of ether oxygens (including phenoxy) is 5. The summed E-state index contributed by atoms with van der Waals surface area (Å²) in [5, 5.41) is 23.4. The Kier molecular flexibility index (Phi) is 26.5. The number of carbonyl (C=O) groups is 3. The fraction of sp³-hybridized carbons (Fsp3) is 0.448. The molecule has 28 heteroatoms. The Labute approximate surface area is 502 Å². The largest absolute Gasteiger partial charge is 0.475 e. The number of pyridine rings is 2. The quantitative estimate of drug-likeness (QED) is 0.0451. The van der Waals surface area contributed by atoms with Gasteiger partial charge in [0.2, 0.25) is 11.8 Å². The molecule has 0 bridgehead atoms. The third-order valence-corrected chi connectivity index (χ3v) is 14.3. The normalized spacial score (nSPS) is 11.3. The number of halogens is 2. The number of methoxy groups -OCH3 is 2. The van der Waals surface area contributed by atoms with Crippen LogP contribution in [0, 0.1) is 23.2 Å². The molecule has 24 nitrogen and oxygen atoms in total. The maximum Gasteiger partial charge on any atom is 0.333 e. The number of hydrogen-bond donors (Lipinski definition) is 3. The Hall–Kier alpha value is -8.10. The first-order valence-electron chi connectivity index (χ1n) is 27.5. The van der Waals surface area contributed by atoms with E-state index in [-0.39, 0.29) is 57.9 Å². The van der Waals surface area contributed by atoms with Gasteiger partial charge in [-0.3, -0.25) is 19.0 Å². The van der Waals surface area contributed by atoms with E-state index in [9.17, 15) is 40.0 Å². The molecule has 4 heterocycles. The number of aromatic nitrogens is 6. The fourth-order valence-electron chi connectivity index (χ4n) is 8.40. The molecule has 0 atom stereocenters. The van der Waals surface area contributed by atoms with Gasteiger partial charge in [-0.05, 0) is 105 Å². The average Bonchev–Trinajstić information content (AvgIpc) is 1.38. The topological polar surface area (TPSA) is 307 Å². The Morgan fingerprint density at radius 3 is 1.52 bits per heavy atom. The lowest BCUT2D eigenvalue weighted by Gasteiger charge is -2.21. The molecule has 468 valence electrons. The number of aryl methyl sites for hydroxylation is 2. The molecule has 0 radical (unpaired) electrons. The first kappa shape index (κ1) is 70.4. The van der Waals surface area contributed by atoms with E-state index in [0.29, 0.717) is 96.7 Å². The van der Waals surface area contributed by atoms with E-state index in [1.165, 1.54) is 67.3 Å².